The van der Waals surface area contributed by atoms with Crippen LogP contribution in [0.3, 0.4) is 0 Å². The van der Waals surface area contributed by atoms with Gasteiger partial charge < -0.3 is 10.2 Å². The van der Waals surface area contributed by atoms with E-state index in [1.807, 2.05) is 7.05 Å². The quantitative estimate of drug-likeness (QED) is 0.623. The van der Waals surface area contributed by atoms with E-state index in [1.54, 1.807) is 11.0 Å². The van der Waals surface area contributed by atoms with E-state index in [0.29, 0.717) is 0 Å². The summed E-state index contributed by atoms with van der Waals surface area (Å²) < 4.78 is 1.71. The van der Waals surface area contributed by atoms with Gasteiger partial charge in [-0.25, -0.2) is 4.98 Å². The monoisotopic (exact) mass is 183 g/mol. The van der Waals surface area contributed by atoms with Gasteiger partial charge in [0.2, 0.25) is 0 Å². The molecule has 5 heteroatoms. The zero-order valence-electron chi connectivity index (χ0n) is 8.49. The van der Waals surface area contributed by atoms with Crippen molar-refractivity contribution in [3.05, 3.63) is 12.2 Å². The molecule has 1 heterocycles. The molecule has 0 unspecified atom stereocenters. The Hall–Kier alpha value is -0.940. The lowest BCUT2D eigenvalue weighted by Crippen LogP contribution is -2.26. The molecule has 0 amide bonds. The first kappa shape index (κ1) is 10.1. The van der Waals surface area contributed by atoms with Crippen molar-refractivity contribution in [2.75, 3.05) is 27.2 Å². The van der Waals surface area contributed by atoms with Gasteiger partial charge in [-0.1, -0.05) is 0 Å². The summed E-state index contributed by atoms with van der Waals surface area (Å²) in [5.41, 5.74) is 0. The summed E-state index contributed by atoms with van der Waals surface area (Å²) in [7, 11) is 5.98. The maximum atomic E-state index is 4.16. The fraction of sp³-hybridized carbons (Fsp3) is 0.750. The van der Waals surface area contributed by atoms with Crippen LogP contribution in [0, 0.1) is 0 Å². The summed E-state index contributed by atoms with van der Waals surface area (Å²) in [6, 6.07) is 0. The second kappa shape index (κ2) is 4.94. The molecule has 0 aliphatic heterocycles. The molecule has 0 atom stereocenters. The van der Waals surface area contributed by atoms with Crippen LogP contribution in [-0.2, 0) is 13.6 Å². The van der Waals surface area contributed by atoms with Gasteiger partial charge in [-0.05, 0) is 14.1 Å². The van der Waals surface area contributed by atoms with Crippen LogP contribution < -0.4 is 5.32 Å². The normalized spacial score (nSPS) is 11.1. The van der Waals surface area contributed by atoms with Crippen molar-refractivity contribution in [3.8, 4) is 0 Å². The van der Waals surface area contributed by atoms with Crippen molar-refractivity contribution in [2.24, 2.45) is 7.05 Å². The lowest BCUT2D eigenvalue weighted by Gasteiger charge is -2.08. The van der Waals surface area contributed by atoms with Gasteiger partial charge in [0.1, 0.15) is 6.33 Å². The van der Waals surface area contributed by atoms with Crippen LogP contribution in [0.15, 0.2) is 6.33 Å². The van der Waals surface area contributed by atoms with Gasteiger partial charge in [0, 0.05) is 20.1 Å². The van der Waals surface area contributed by atoms with Crippen LogP contribution in [-0.4, -0.2) is 46.8 Å². The molecule has 1 N–H and O–H groups in total. The molecule has 0 aromatic carbocycles. The molecule has 0 bridgehead atoms. The third-order valence-corrected chi connectivity index (χ3v) is 1.67. The van der Waals surface area contributed by atoms with E-state index in [1.165, 1.54) is 0 Å². The SMILES string of the molecule is CN(C)CCNCc1ncn(C)n1. The van der Waals surface area contributed by atoms with Crippen molar-refractivity contribution in [3.63, 3.8) is 0 Å². The Bertz CT molecular complexity index is 242. The highest BCUT2D eigenvalue weighted by atomic mass is 15.3. The van der Waals surface area contributed by atoms with E-state index >= 15 is 0 Å². The average molecular weight is 183 g/mol. The zero-order valence-corrected chi connectivity index (χ0v) is 8.49. The number of rotatable bonds is 5. The fourth-order valence-corrected chi connectivity index (χ4v) is 0.968. The van der Waals surface area contributed by atoms with Gasteiger partial charge in [-0.15, -0.1) is 0 Å². The molecule has 1 aromatic heterocycles. The Morgan fingerprint density at radius 3 is 2.85 bits per heavy atom. The highest BCUT2D eigenvalue weighted by Gasteiger charge is 1.97. The molecule has 0 aliphatic rings. The number of nitrogens with one attached hydrogen (secondary N) is 1. The second-order valence-electron chi connectivity index (χ2n) is 3.31. The minimum Gasteiger partial charge on any atom is -0.308 e. The predicted molar refractivity (Wildman–Crippen MR) is 51.3 cm³/mol. The highest BCUT2D eigenvalue weighted by molar-refractivity contribution is 4.79. The Morgan fingerprint density at radius 2 is 2.31 bits per heavy atom. The molecule has 1 aromatic rings. The smallest absolute Gasteiger partial charge is 0.164 e. The molecule has 0 saturated heterocycles. The van der Waals surface area contributed by atoms with Crippen molar-refractivity contribution in [1.29, 1.82) is 0 Å². The van der Waals surface area contributed by atoms with E-state index in [0.717, 1.165) is 25.5 Å². The van der Waals surface area contributed by atoms with Gasteiger partial charge in [0.25, 0.3) is 0 Å². The topological polar surface area (TPSA) is 46.0 Å². The number of aromatic nitrogens is 3. The highest BCUT2D eigenvalue weighted by Crippen LogP contribution is 1.85. The third-order valence-electron chi connectivity index (χ3n) is 1.67. The molecule has 0 aliphatic carbocycles. The van der Waals surface area contributed by atoms with Gasteiger partial charge in [0.05, 0.1) is 6.54 Å². The number of hydrogen-bond acceptors (Lipinski definition) is 4. The third kappa shape index (κ3) is 4.00. The molecular formula is C8H17N5. The number of likely N-dealkylation sites (N-methyl/N-ethyl adjacent to an activating group) is 1. The lowest BCUT2D eigenvalue weighted by atomic mass is 10.5. The molecule has 74 valence electrons. The Kier molecular flexibility index (Phi) is 3.85. The molecule has 13 heavy (non-hydrogen) atoms. The Balaban J connectivity index is 2.13. The summed E-state index contributed by atoms with van der Waals surface area (Å²) in [6.45, 7) is 2.74. The number of hydrogen-bond donors (Lipinski definition) is 1. The number of aryl methyl sites for hydroxylation is 1. The first-order valence-corrected chi connectivity index (χ1v) is 4.38. The first-order chi connectivity index (χ1) is 6.18. The van der Waals surface area contributed by atoms with E-state index in [-0.39, 0.29) is 0 Å². The molecule has 0 radical (unpaired) electrons. The average Bonchev–Trinajstić information content (AvgIpc) is 2.45. The van der Waals surface area contributed by atoms with E-state index in [9.17, 15) is 0 Å². The standard InChI is InChI=1S/C8H17N5/c1-12(2)5-4-9-6-8-10-7-13(3)11-8/h7,9H,4-6H2,1-3H3. The van der Waals surface area contributed by atoms with Crippen molar-refractivity contribution >= 4 is 0 Å². The first-order valence-electron chi connectivity index (χ1n) is 4.38. The van der Waals surface area contributed by atoms with Crippen LogP contribution in [0.25, 0.3) is 0 Å². The van der Waals surface area contributed by atoms with E-state index < -0.39 is 0 Å². The van der Waals surface area contributed by atoms with Gasteiger partial charge >= 0.3 is 0 Å². The van der Waals surface area contributed by atoms with Gasteiger partial charge in [-0.2, -0.15) is 5.10 Å². The molecule has 0 fully saturated rings. The van der Waals surface area contributed by atoms with Crippen molar-refractivity contribution in [1.82, 2.24) is 25.0 Å². The minimum absolute atomic E-state index is 0.745. The Labute approximate surface area is 78.8 Å². The van der Waals surface area contributed by atoms with Gasteiger partial charge in [-0.3, -0.25) is 4.68 Å². The summed E-state index contributed by atoms with van der Waals surface area (Å²) in [5.74, 6) is 0.848. The lowest BCUT2D eigenvalue weighted by molar-refractivity contribution is 0.398. The number of nitrogens with zero attached hydrogens (tertiary/aromatic N) is 4. The molecule has 1 rings (SSSR count). The molecular weight excluding hydrogens is 166 g/mol. The maximum Gasteiger partial charge on any atom is 0.164 e. The predicted octanol–water partition coefficient (Wildman–Crippen LogP) is -0.534. The van der Waals surface area contributed by atoms with Crippen molar-refractivity contribution in [2.45, 2.75) is 6.54 Å². The van der Waals surface area contributed by atoms with Crippen LogP contribution in [0.4, 0.5) is 0 Å². The molecule has 0 spiro atoms. The summed E-state index contributed by atoms with van der Waals surface area (Å²) in [5, 5.41) is 7.42. The summed E-state index contributed by atoms with van der Waals surface area (Å²) in [6.07, 6.45) is 1.71. The minimum atomic E-state index is 0.745. The largest absolute Gasteiger partial charge is 0.308 e. The molecule has 0 saturated carbocycles. The molecule has 5 nitrogen and oxygen atoms in total. The van der Waals surface area contributed by atoms with Crippen LogP contribution in [0.2, 0.25) is 0 Å². The van der Waals surface area contributed by atoms with Crippen LogP contribution in [0.5, 0.6) is 0 Å². The maximum absolute atomic E-state index is 4.16. The second-order valence-corrected chi connectivity index (χ2v) is 3.31. The van der Waals surface area contributed by atoms with Crippen LogP contribution in [0.1, 0.15) is 5.82 Å². The summed E-state index contributed by atoms with van der Waals surface area (Å²) in [4.78, 5) is 6.25. The van der Waals surface area contributed by atoms with E-state index in [2.05, 4.69) is 34.4 Å². The summed E-state index contributed by atoms with van der Waals surface area (Å²) >= 11 is 0. The van der Waals surface area contributed by atoms with Gasteiger partial charge in [0.15, 0.2) is 5.82 Å². The van der Waals surface area contributed by atoms with E-state index in [4.69, 9.17) is 0 Å². The Morgan fingerprint density at radius 1 is 1.54 bits per heavy atom. The fourth-order valence-electron chi connectivity index (χ4n) is 0.968. The zero-order chi connectivity index (χ0) is 9.68. The van der Waals surface area contributed by atoms with Crippen LogP contribution >= 0.6 is 0 Å². The van der Waals surface area contributed by atoms with Crippen molar-refractivity contribution < 1.29 is 0 Å².